The van der Waals surface area contributed by atoms with Crippen molar-refractivity contribution in [1.82, 2.24) is 0 Å². The summed E-state index contributed by atoms with van der Waals surface area (Å²) in [5.74, 6) is -0.198. The molecule has 1 aliphatic rings. The number of hydrogen-bond acceptors (Lipinski definition) is 4. The first-order valence-corrected chi connectivity index (χ1v) is 4.46. The standard InChI is InChI=1S/C9H17NO3/c1-9(2,3)13-8(11)7(10)6-4-12-5-6/h6-7H,4-5,10H2,1-3H3/t7-/m1/s1. The fraction of sp³-hybridized carbons (Fsp3) is 0.889. The Labute approximate surface area is 78.4 Å². The quantitative estimate of drug-likeness (QED) is 0.632. The van der Waals surface area contributed by atoms with Crippen molar-refractivity contribution >= 4 is 5.97 Å². The first kappa shape index (κ1) is 10.5. The SMILES string of the molecule is CC(C)(C)OC(=O)[C@H](N)C1COC1. The van der Waals surface area contributed by atoms with Crippen LogP contribution in [-0.4, -0.2) is 30.8 Å². The number of carbonyl (C=O) groups is 1. The zero-order valence-corrected chi connectivity index (χ0v) is 8.37. The van der Waals surface area contributed by atoms with E-state index < -0.39 is 11.6 Å². The number of carbonyl (C=O) groups excluding carboxylic acids is 1. The maximum atomic E-state index is 11.4. The molecule has 0 spiro atoms. The minimum absolute atomic E-state index is 0.134. The van der Waals surface area contributed by atoms with Gasteiger partial charge in [0.2, 0.25) is 0 Å². The van der Waals surface area contributed by atoms with E-state index in [0.717, 1.165) is 0 Å². The molecule has 1 saturated heterocycles. The molecule has 1 aliphatic heterocycles. The van der Waals surface area contributed by atoms with E-state index >= 15 is 0 Å². The van der Waals surface area contributed by atoms with Gasteiger partial charge in [0, 0.05) is 5.92 Å². The van der Waals surface area contributed by atoms with Gasteiger partial charge >= 0.3 is 5.97 Å². The van der Waals surface area contributed by atoms with Gasteiger partial charge in [-0.15, -0.1) is 0 Å². The summed E-state index contributed by atoms with van der Waals surface area (Å²) in [6.07, 6.45) is 0. The van der Waals surface area contributed by atoms with Crippen LogP contribution in [0.5, 0.6) is 0 Å². The fourth-order valence-corrected chi connectivity index (χ4v) is 1.02. The lowest BCUT2D eigenvalue weighted by molar-refractivity contribution is -0.163. The molecular formula is C9H17NO3. The molecule has 13 heavy (non-hydrogen) atoms. The normalized spacial score (nSPS) is 20.6. The van der Waals surface area contributed by atoms with Gasteiger partial charge in [0.05, 0.1) is 13.2 Å². The molecule has 1 fully saturated rings. The van der Waals surface area contributed by atoms with Crippen LogP contribution in [0.15, 0.2) is 0 Å². The van der Waals surface area contributed by atoms with Crippen molar-refractivity contribution in [3.63, 3.8) is 0 Å². The molecule has 0 aromatic heterocycles. The van der Waals surface area contributed by atoms with Crippen molar-refractivity contribution in [1.29, 1.82) is 0 Å². The van der Waals surface area contributed by atoms with E-state index in [1.54, 1.807) is 0 Å². The maximum Gasteiger partial charge on any atom is 0.323 e. The highest BCUT2D eigenvalue weighted by atomic mass is 16.6. The maximum absolute atomic E-state index is 11.4. The molecule has 76 valence electrons. The third kappa shape index (κ3) is 2.97. The van der Waals surface area contributed by atoms with E-state index in [9.17, 15) is 4.79 Å². The number of ether oxygens (including phenoxy) is 2. The monoisotopic (exact) mass is 187 g/mol. The highest BCUT2D eigenvalue weighted by molar-refractivity contribution is 5.76. The molecular weight excluding hydrogens is 170 g/mol. The first-order valence-electron chi connectivity index (χ1n) is 4.46. The molecule has 0 unspecified atom stereocenters. The average molecular weight is 187 g/mol. The largest absolute Gasteiger partial charge is 0.459 e. The third-order valence-electron chi connectivity index (χ3n) is 1.85. The van der Waals surface area contributed by atoms with Crippen LogP contribution in [0, 0.1) is 5.92 Å². The molecule has 1 atom stereocenters. The molecule has 1 heterocycles. The molecule has 2 N–H and O–H groups in total. The molecule has 4 heteroatoms. The molecule has 0 aromatic carbocycles. The van der Waals surface area contributed by atoms with Crippen LogP contribution in [0.1, 0.15) is 20.8 Å². The molecule has 0 aromatic rings. The summed E-state index contributed by atoms with van der Waals surface area (Å²) >= 11 is 0. The van der Waals surface area contributed by atoms with Crippen LogP contribution >= 0.6 is 0 Å². The summed E-state index contributed by atoms with van der Waals surface area (Å²) in [4.78, 5) is 11.4. The van der Waals surface area contributed by atoms with Crippen LogP contribution in [0.2, 0.25) is 0 Å². The molecule has 0 saturated carbocycles. The predicted molar refractivity (Wildman–Crippen MR) is 48.1 cm³/mol. The summed E-state index contributed by atoms with van der Waals surface area (Å²) < 4.78 is 10.1. The Kier molecular flexibility index (Phi) is 2.93. The molecule has 0 bridgehead atoms. The number of esters is 1. The number of rotatable bonds is 2. The van der Waals surface area contributed by atoms with Gasteiger partial charge in [-0.25, -0.2) is 0 Å². The third-order valence-corrected chi connectivity index (χ3v) is 1.85. The molecule has 0 aliphatic carbocycles. The summed E-state index contributed by atoms with van der Waals surface area (Å²) in [6, 6.07) is -0.534. The summed E-state index contributed by atoms with van der Waals surface area (Å²) in [7, 11) is 0. The first-order chi connectivity index (χ1) is 5.90. The average Bonchev–Trinajstić information content (AvgIpc) is 1.78. The minimum atomic E-state index is -0.534. The zero-order chi connectivity index (χ0) is 10.1. The van der Waals surface area contributed by atoms with Crippen molar-refractivity contribution in [2.24, 2.45) is 11.7 Å². The lowest BCUT2D eigenvalue weighted by Gasteiger charge is -2.31. The second-order valence-corrected chi connectivity index (χ2v) is 4.36. The van der Waals surface area contributed by atoms with Crippen molar-refractivity contribution in [2.45, 2.75) is 32.4 Å². The minimum Gasteiger partial charge on any atom is -0.459 e. The zero-order valence-electron chi connectivity index (χ0n) is 8.37. The summed E-state index contributed by atoms with van der Waals surface area (Å²) in [6.45, 7) is 6.62. The van der Waals surface area contributed by atoms with Crippen LogP contribution in [-0.2, 0) is 14.3 Å². The lowest BCUT2D eigenvalue weighted by Crippen LogP contribution is -2.49. The van der Waals surface area contributed by atoms with Gasteiger partial charge in [-0.2, -0.15) is 0 Å². The van der Waals surface area contributed by atoms with Crippen LogP contribution in [0.3, 0.4) is 0 Å². The van der Waals surface area contributed by atoms with Crippen molar-refractivity contribution in [3.05, 3.63) is 0 Å². The van der Waals surface area contributed by atoms with Crippen LogP contribution < -0.4 is 5.73 Å². The summed E-state index contributed by atoms with van der Waals surface area (Å²) in [5, 5.41) is 0. The Hall–Kier alpha value is -0.610. The van der Waals surface area contributed by atoms with Crippen molar-refractivity contribution in [2.75, 3.05) is 13.2 Å². The van der Waals surface area contributed by atoms with Crippen molar-refractivity contribution in [3.8, 4) is 0 Å². The highest BCUT2D eigenvalue weighted by Gasteiger charge is 2.33. The second kappa shape index (κ2) is 3.64. The van der Waals surface area contributed by atoms with Gasteiger partial charge in [-0.3, -0.25) is 4.79 Å². The Balaban J connectivity index is 2.38. The van der Waals surface area contributed by atoms with Gasteiger partial charge in [-0.05, 0) is 20.8 Å². The summed E-state index contributed by atoms with van der Waals surface area (Å²) in [5.41, 5.74) is 5.22. The van der Waals surface area contributed by atoms with E-state index in [1.807, 2.05) is 20.8 Å². The molecule has 4 nitrogen and oxygen atoms in total. The van der Waals surface area contributed by atoms with Gasteiger partial charge in [0.1, 0.15) is 11.6 Å². The van der Waals surface area contributed by atoms with Crippen LogP contribution in [0.25, 0.3) is 0 Å². The van der Waals surface area contributed by atoms with E-state index in [4.69, 9.17) is 15.2 Å². The molecule has 1 rings (SSSR count). The Morgan fingerprint density at radius 1 is 1.54 bits per heavy atom. The number of nitrogens with two attached hydrogens (primary N) is 1. The Morgan fingerprint density at radius 2 is 2.08 bits per heavy atom. The smallest absolute Gasteiger partial charge is 0.323 e. The van der Waals surface area contributed by atoms with Crippen LogP contribution in [0.4, 0.5) is 0 Å². The van der Waals surface area contributed by atoms with Gasteiger partial charge in [-0.1, -0.05) is 0 Å². The molecule has 0 amide bonds. The predicted octanol–water partition coefficient (Wildman–Crippen LogP) is 0.302. The second-order valence-electron chi connectivity index (χ2n) is 4.36. The van der Waals surface area contributed by atoms with E-state index in [0.29, 0.717) is 13.2 Å². The van der Waals surface area contributed by atoms with E-state index in [-0.39, 0.29) is 11.9 Å². The fourth-order valence-electron chi connectivity index (χ4n) is 1.02. The topological polar surface area (TPSA) is 61.5 Å². The lowest BCUT2D eigenvalue weighted by atomic mass is 9.99. The Bertz CT molecular complexity index is 194. The van der Waals surface area contributed by atoms with E-state index in [2.05, 4.69) is 0 Å². The number of hydrogen-bond donors (Lipinski definition) is 1. The van der Waals surface area contributed by atoms with Gasteiger partial charge in [0.15, 0.2) is 0 Å². The van der Waals surface area contributed by atoms with Gasteiger partial charge < -0.3 is 15.2 Å². The molecule has 0 radical (unpaired) electrons. The van der Waals surface area contributed by atoms with Gasteiger partial charge in [0.25, 0.3) is 0 Å². The van der Waals surface area contributed by atoms with E-state index in [1.165, 1.54) is 0 Å². The Morgan fingerprint density at radius 3 is 2.38 bits per heavy atom. The van der Waals surface area contributed by atoms with Crippen molar-refractivity contribution < 1.29 is 14.3 Å². The highest BCUT2D eigenvalue weighted by Crippen LogP contribution is 2.16.